The van der Waals surface area contributed by atoms with Gasteiger partial charge < -0.3 is 9.88 Å². The lowest BCUT2D eigenvalue weighted by atomic mass is 10.1. The Bertz CT molecular complexity index is 472. The molecule has 2 rings (SSSR count). The van der Waals surface area contributed by atoms with E-state index in [4.69, 9.17) is 0 Å². The lowest BCUT2D eigenvalue weighted by Crippen LogP contribution is -2.13. The zero-order valence-corrected chi connectivity index (χ0v) is 10.5. The molecule has 90 valence electrons. The minimum absolute atomic E-state index is 0.496. The van der Waals surface area contributed by atoms with E-state index >= 15 is 0 Å². The topological polar surface area (TPSA) is 42.7 Å². The van der Waals surface area contributed by atoms with Crippen LogP contribution >= 0.6 is 0 Å². The average Bonchev–Trinajstić information content (AvgIpc) is 2.76. The Labute approximate surface area is 102 Å². The quantitative estimate of drug-likeness (QED) is 0.878. The molecule has 1 N–H and O–H groups in total. The summed E-state index contributed by atoms with van der Waals surface area (Å²) in [5.74, 6) is 0.889. The maximum Gasteiger partial charge on any atom is 0.163 e. The Balaban J connectivity index is 2.16. The third kappa shape index (κ3) is 2.64. The SMILES string of the molecule is CCC(C)Nc1ccc(-c2nncn2C)cc1. The highest BCUT2D eigenvalue weighted by atomic mass is 15.2. The van der Waals surface area contributed by atoms with Crippen LogP contribution in [-0.2, 0) is 7.05 Å². The summed E-state index contributed by atoms with van der Waals surface area (Å²) in [6.45, 7) is 4.35. The van der Waals surface area contributed by atoms with Crippen molar-refractivity contribution in [1.29, 1.82) is 0 Å². The van der Waals surface area contributed by atoms with Gasteiger partial charge in [0.2, 0.25) is 0 Å². The van der Waals surface area contributed by atoms with Crippen molar-refractivity contribution in [3.63, 3.8) is 0 Å². The Morgan fingerprint density at radius 2 is 2.00 bits per heavy atom. The molecule has 0 saturated heterocycles. The third-order valence-electron chi connectivity index (χ3n) is 2.88. The number of aryl methyl sites for hydroxylation is 1. The second-order valence-corrected chi connectivity index (χ2v) is 4.30. The highest BCUT2D eigenvalue weighted by Gasteiger charge is 2.04. The molecule has 0 aliphatic carbocycles. The van der Waals surface area contributed by atoms with Crippen LogP contribution < -0.4 is 5.32 Å². The molecule has 0 bridgehead atoms. The summed E-state index contributed by atoms with van der Waals surface area (Å²) < 4.78 is 1.91. The second-order valence-electron chi connectivity index (χ2n) is 4.30. The highest BCUT2D eigenvalue weighted by molar-refractivity contribution is 5.59. The van der Waals surface area contributed by atoms with Crippen molar-refractivity contribution in [2.45, 2.75) is 26.3 Å². The number of nitrogens with one attached hydrogen (secondary N) is 1. The number of benzene rings is 1. The molecule has 4 heteroatoms. The summed E-state index contributed by atoms with van der Waals surface area (Å²) in [6, 6.07) is 8.78. The van der Waals surface area contributed by atoms with Crippen molar-refractivity contribution >= 4 is 5.69 Å². The van der Waals surface area contributed by atoms with E-state index in [1.807, 2.05) is 11.6 Å². The van der Waals surface area contributed by atoms with E-state index in [0.717, 1.165) is 23.5 Å². The molecular weight excluding hydrogens is 212 g/mol. The van der Waals surface area contributed by atoms with Crippen molar-refractivity contribution < 1.29 is 0 Å². The Morgan fingerprint density at radius 1 is 1.29 bits per heavy atom. The summed E-state index contributed by atoms with van der Waals surface area (Å²) >= 11 is 0. The Kier molecular flexibility index (Phi) is 3.42. The molecule has 17 heavy (non-hydrogen) atoms. The predicted octanol–water partition coefficient (Wildman–Crippen LogP) is 2.69. The van der Waals surface area contributed by atoms with Gasteiger partial charge in [-0.2, -0.15) is 0 Å². The Morgan fingerprint density at radius 3 is 2.53 bits per heavy atom. The Hall–Kier alpha value is -1.84. The fraction of sp³-hybridized carbons (Fsp3) is 0.385. The first kappa shape index (κ1) is 11.6. The summed E-state index contributed by atoms with van der Waals surface area (Å²) in [5.41, 5.74) is 2.23. The van der Waals surface area contributed by atoms with Gasteiger partial charge in [0.25, 0.3) is 0 Å². The predicted molar refractivity (Wildman–Crippen MR) is 69.8 cm³/mol. The van der Waals surface area contributed by atoms with Gasteiger partial charge in [-0.05, 0) is 37.6 Å². The molecule has 0 amide bonds. The van der Waals surface area contributed by atoms with Gasteiger partial charge in [0.1, 0.15) is 6.33 Å². The summed E-state index contributed by atoms with van der Waals surface area (Å²) in [4.78, 5) is 0. The molecular formula is C13H18N4. The average molecular weight is 230 g/mol. The summed E-state index contributed by atoms with van der Waals surface area (Å²) in [7, 11) is 1.95. The largest absolute Gasteiger partial charge is 0.383 e. The van der Waals surface area contributed by atoms with E-state index in [1.54, 1.807) is 6.33 Å². The molecule has 0 spiro atoms. The molecule has 2 aromatic rings. The third-order valence-corrected chi connectivity index (χ3v) is 2.88. The van der Waals surface area contributed by atoms with Crippen molar-refractivity contribution in [3.8, 4) is 11.4 Å². The van der Waals surface area contributed by atoms with Crippen molar-refractivity contribution in [2.24, 2.45) is 7.05 Å². The zero-order valence-electron chi connectivity index (χ0n) is 10.5. The first-order valence-corrected chi connectivity index (χ1v) is 5.91. The smallest absolute Gasteiger partial charge is 0.163 e. The van der Waals surface area contributed by atoms with Crippen LogP contribution in [0.2, 0.25) is 0 Å². The van der Waals surface area contributed by atoms with Gasteiger partial charge in [-0.3, -0.25) is 0 Å². The van der Waals surface area contributed by atoms with E-state index in [-0.39, 0.29) is 0 Å². The van der Waals surface area contributed by atoms with Gasteiger partial charge in [-0.1, -0.05) is 6.92 Å². The maximum atomic E-state index is 4.09. The monoisotopic (exact) mass is 230 g/mol. The molecule has 1 heterocycles. The number of nitrogens with zero attached hydrogens (tertiary/aromatic N) is 3. The second kappa shape index (κ2) is 4.99. The van der Waals surface area contributed by atoms with Crippen LogP contribution in [0.5, 0.6) is 0 Å². The molecule has 1 unspecified atom stereocenters. The highest BCUT2D eigenvalue weighted by Crippen LogP contribution is 2.19. The molecule has 0 aliphatic heterocycles. The van der Waals surface area contributed by atoms with E-state index in [9.17, 15) is 0 Å². The van der Waals surface area contributed by atoms with Crippen LogP contribution in [0.4, 0.5) is 5.69 Å². The van der Waals surface area contributed by atoms with Gasteiger partial charge in [0.05, 0.1) is 0 Å². The molecule has 1 atom stereocenters. The lowest BCUT2D eigenvalue weighted by molar-refractivity contribution is 0.764. The minimum Gasteiger partial charge on any atom is -0.383 e. The standard InChI is InChI=1S/C13H18N4/c1-4-10(2)15-12-7-5-11(6-8-12)13-16-14-9-17(13)3/h5-10,15H,4H2,1-3H3. The minimum atomic E-state index is 0.496. The van der Waals surface area contributed by atoms with Gasteiger partial charge in [0.15, 0.2) is 5.82 Å². The van der Waals surface area contributed by atoms with E-state index in [2.05, 4.69) is 53.6 Å². The van der Waals surface area contributed by atoms with E-state index in [0.29, 0.717) is 6.04 Å². The molecule has 1 aromatic carbocycles. The number of anilines is 1. The van der Waals surface area contributed by atoms with Crippen LogP contribution in [0.25, 0.3) is 11.4 Å². The number of rotatable bonds is 4. The van der Waals surface area contributed by atoms with Crippen LogP contribution in [0.15, 0.2) is 30.6 Å². The molecule has 1 aromatic heterocycles. The van der Waals surface area contributed by atoms with Gasteiger partial charge in [-0.25, -0.2) is 0 Å². The van der Waals surface area contributed by atoms with E-state index < -0.39 is 0 Å². The van der Waals surface area contributed by atoms with Crippen molar-refractivity contribution in [3.05, 3.63) is 30.6 Å². The number of hydrogen-bond donors (Lipinski definition) is 1. The summed E-state index contributed by atoms with van der Waals surface area (Å²) in [6.07, 6.45) is 2.83. The van der Waals surface area contributed by atoms with Crippen LogP contribution in [0, 0.1) is 0 Å². The first-order chi connectivity index (χ1) is 8.20. The van der Waals surface area contributed by atoms with Crippen LogP contribution in [0.3, 0.4) is 0 Å². The molecule has 0 radical (unpaired) electrons. The van der Waals surface area contributed by atoms with Gasteiger partial charge >= 0.3 is 0 Å². The molecule has 0 fully saturated rings. The zero-order chi connectivity index (χ0) is 12.3. The summed E-state index contributed by atoms with van der Waals surface area (Å²) in [5, 5.41) is 11.4. The normalized spacial score (nSPS) is 12.4. The first-order valence-electron chi connectivity index (χ1n) is 5.91. The van der Waals surface area contributed by atoms with Crippen LogP contribution in [-0.4, -0.2) is 20.8 Å². The molecule has 0 aliphatic rings. The number of hydrogen-bond acceptors (Lipinski definition) is 3. The van der Waals surface area contributed by atoms with Gasteiger partial charge in [-0.15, -0.1) is 10.2 Å². The van der Waals surface area contributed by atoms with E-state index in [1.165, 1.54) is 0 Å². The van der Waals surface area contributed by atoms with Crippen molar-refractivity contribution in [2.75, 3.05) is 5.32 Å². The molecule has 0 saturated carbocycles. The molecule has 4 nitrogen and oxygen atoms in total. The maximum absolute atomic E-state index is 4.09. The van der Waals surface area contributed by atoms with Crippen LogP contribution in [0.1, 0.15) is 20.3 Å². The lowest BCUT2D eigenvalue weighted by Gasteiger charge is -2.13. The van der Waals surface area contributed by atoms with Gasteiger partial charge in [0, 0.05) is 24.3 Å². The fourth-order valence-corrected chi connectivity index (χ4v) is 1.65. The fourth-order valence-electron chi connectivity index (χ4n) is 1.65. The number of aromatic nitrogens is 3. The van der Waals surface area contributed by atoms with Crippen molar-refractivity contribution in [1.82, 2.24) is 14.8 Å².